The molecule has 0 saturated carbocycles. The van der Waals surface area contributed by atoms with E-state index in [-0.39, 0.29) is 36.7 Å². The second kappa shape index (κ2) is 13.3. The predicted molar refractivity (Wildman–Crippen MR) is 124 cm³/mol. The lowest BCUT2D eigenvalue weighted by Crippen LogP contribution is -2.39. The highest BCUT2D eigenvalue weighted by Gasteiger charge is 2.22. The van der Waals surface area contributed by atoms with E-state index in [1.165, 1.54) is 0 Å². The maximum atomic E-state index is 12.4. The highest BCUT2D eigenvalue weighted by atomic mass is 16.5. The SMILES string of the molecule is CCOC(=O)CCC(=O)NC(Cc1ccc(-c2ccccc2)cc1)CC(C)C(=O)OCC. The second-order valence-electron chi connectivity index (χ2n) is 7.73. The van der Waals surface area contributed by atoms with Crippen LogP contribution in [0.5, 0.6) is 0 Å². The van der Waals surface area contributed by atoms with Crippen molar-refractivity contribution in [3.8, 4) is 11.1 Å². The fourth-order valence-corrected chi connectivity index (χ4v) is 3.50. The molecule has 0 aliphatic rings. The van der Waals surface area contributed by atoms with Gasteiger partial charge >= 0.3 is 11.9 Å². The Morgan fingerprint density at radius 2 is 1.47 bits per heavy atom. The summed E-state index contributed by atoms with van der Waals surface area (Å²) in [6.45, 7) is 5.91. The van der Waals surface area contributed by atoms with Gasteiger partial charge in [0.05, 0.1) is 25.6 Å². The number of carbonyl (C=O) groups excluding carboxylic acids is 3. The Labute approximate surface area is 190 Å². The molecule has 1 amide bonds. The third kappa shape index (κ3) is 8.53. The van der Waals surface area contributed by atoms with Crippen molar-refractivity contribution in [3.05, 3.63) is 60.2 Å². The fourth-order valence-electron chi connectivity index (χ4n) is 3.50. The molecule has 2 unspecified atom stereocenters. The third-order valence-corrected chi connectivity index (χ3v) is 5.10. The van der Waals surface area contributed by atoms with E-state index in [1.54, 1.807) is 20.8 Å². The summed E-state index contributed by atoms with van der Waals surface area (Å²) in [6, 6.07) is 18.0. The Balaban J connectivity index is 2.05. The summed E-state index contributed by atoms with van der Waals surface area (Å²) in [6.07, 6.45) is 1.11. The minimum absolute atomic E-state index is 0.0333. The van der Waals surface area contributed by atoms with E-state index < -0.39 is 5.97 Å². The Bertz CT molecular complexity index is 864. The first-order chi connectivity index (χ1) is 15.4. The molecular weight excluding hydrogens is 406 g/mol. The van der Waals surface area contributed by atoms with Crippen LogP contribution in [0.1, 0.15) is 45.6 Å². The molecular formula is C26H33NO5. The molecule has 32 heavy (non-hydrogen) atoms. The van der Waals surface area contributed by atoms with Gasteiger partial charge in [-0.1, -0.05) is 61.5 Å². The van der Waals surface area contributed by atoms with E-state index in [0.29, 0.717) is 26.1 Å². The summed E-state index contributed by atoms with van der Waals surface area (Å²) >= 11 is 0. The molecule has 1 N–H and O–H groups in total. The molecule has 0 fully saturated rings. The molecule has 2 aromatic carbocycles. The Hall–Kier alpha value is -3.15. The average molecular weight is 440 g/mol. The molecule has 0 aliphatic heterocycles. The molecule has 0 heterocycles. The van der Waals surface area contributed by atoms with E-state index >= 15 is 0 Å². The molecule has 0 aliphatic carbocycles. The van der Waals surface area contributed by atoms with Gasteiger partial charge < -0.3 is 14.8 Å². The van der Waals surface area contributed by atoms with Crippen molar-refractivity contribution in [3.63, 3.8) is 0 Å². The minimum Gasteiger partial charge on any atom is -0.466 e. The van der Waals surface area contributed by atoms with E-state index in [2.05, 4.69) is 29.6 Å². The average Bonchev–Trinajstić information content (AvgIpc) is 2.79. The normalized spacial score (nSPS) is 12.5. The van der Waals surface area contributed by atoms with Gasteiger partial charge in [-0.2, -0.15) is 0 Å². The minimum atomic E-state index is -0.393. The lowest BCUT2D eigenvalue weighted by Gasteiger charge is -2.22. The molecule has 6 heteroatoms. The van der Waals surface area contributed by atoms with Crippen molar-refractivity contribution in [2.75, 3.05) is 13.2 Å². The highest BCUT2D eigenvalue weighted by Crippen LogP contribution is 2.21. The number of ether oxygens (including phenoxy) is 2. The van der Waals surface area contributed by atoms with Crippen LogP contribution in [0.25, 0.3) is 11.1 Å². The van der Waals surface area contributed by atoms with Gasteiger partial charge in [0.1, 0.15) is 0 Å². The first-order valence-corrected chi connectivity index (χ1v) is 11.2. The topological polar surface area (TPSA) is 81.7 Å². The van der Waals surface area contributed by atoms with Crippen LogP contribution in [0.2, 0.25) is 0 Å². The summed E-state index contributed by atoms with van der Waals surface area (Å²) in [5.41, 5.74) is 3.31. The second-order valence-corrected chi connectivity index (χ2v) is 7.73. The molecule has 0 radical (unpaired) electrons. The maximum Gasteiger partial charge on any atom is 0.308 e. The van der Waals surface area contributed by atoms with Gasteiger partial charge in [-0.25, -0.2) is 0 Å². The number of carbonyl (C=O) groups is 3. The number of rotatable bonds is 12. The summed E-state index contributed by atoms with van der Waals surface area (Å²) in [5.74, 6) is -1.26. The molecule has 0 spiro atoms. The van der Waals surface area contributed by atoms with Gasteiger partial charge in [0.15, 0.2) is 0 Å². The van der Waals surface area contributed by atoms with Crippen molar-refractivity contribution in [2.45, 2.75) is 52.5 Å². The molecule has 0 saturated heterocycles. The first-order valence-electron chi connectivity index (χ1n) is 11.2. The zero-order valence-electron chi connectivity index (χ0n) is 19.1. The highest BCUT2D eigenvalue weighted by molar-refractivity contribution is 5.81. The zero-order valence-corrected chi connectivity index (χ0v) is 19.1. The van der Waals surface area contributed by atoms with Crippen LogP contribution < -0.4 is 5.32 Å². The summed E-state index contributed by atoms with van der Waals surface area (Å²) in [5, 5.41) is 2.98. The maximum absolute atomic E-state index is 12.4. The zero-order chi connectivity index (χ0) is 23.3. The van der Waals surface area contributed by atoms with Crippen molar-refractivity contribution in [1.82, 2.24) is 5.32 Å². The molecule has 172 valence electrons. The standard InChI is InChI=1S/C26H33NO5/c1-4-31-25(29)16-15-24(28)27-23(17-19(3)26(30)32-5-2)18-20-11-13-22(14-12-20)21-9-7-6-8-10-21/h6-14,19,23H,4-5,15-18H2,1-3H3,(H,27,28). The van der Waals surface area contributed by atoms with Gasteiger partial charge in [0.25, 0.3) is 0 Å². The smallest absolute Gasteiger partial charge is 0.308 e. The first kappa shape index (κ1) is 25.1. The van der Waals surface area contributed by atoms with Gasteiger partial charge in [0.2, 0.25) is 5.91 Å². The van der Waals surface area contributed by atoms with E-state index in [1.807, 2.05) is 30.3 Å². The summed E-state index contributed by atoms with van der Waals surface area (Å²) in [7, 11) is 0. The molecule has 6 nitrogen and oxygen atoms in total. The molecule has 2 atom stereocenters. The number of nitrogens with one attached hydrogen (secondary N) is 1. The monoisotopic (exact) mass is 439 g/mol. The lowest BCUT2D eigenvalue weighted by molar-refractivity contribution is -0.148. The predicted octanol–water partition coefficient (Wildman–Crippen LogP) is 4.31. The Kier molecular flexibility index (Phi) is 10.4. The third-order valence-electron chi connectivity index (χ3n) is 5.10. The molecule has 2 aromatic rings. The van der Waals surface area contributed by atoms with Crippen LogP contribution in [0.4, 0.5) is 0 Å². The van der Waals surface area contributed by atoms with E-state index in [4.69, 9.17) is 9.47 Å². The van der Waals surface area contributed by atoms with Gasteiger partial charge in [-0.15, -0.1) is 0 Å². The van der Waals surface area contributed by atoms with Crippen molar-refractivity contribution in [2.24, 2.45) is 5.92 Å². The lowest BCUT2D eigenvalue weighted by atomic mass is 9.94. The molecule has 0 aromatic heterocycles. The molecule has 0 bridgehead atoms. The number of esters is 2. The largest absolute Gasteiger partial charge is 0.466 e. The Morgan fingerprint density at radius 3 is 2.09 bits per heavy atom. The van der Waals surface area contributed by atoms with Crippen molar-refractivity contribution in [1.29, 1.82) is 0 Å². The number of benzene rings is 2. The van der Waals surface area contributed by atoms with Crippen LogP contribution in [-0.2, 0) is 30.3 Å². The van der Waals surface area contributed by atoms with Crippen LogP contribution in [0, 0.1) is 5.92 Å². The fraction of sp³-hybridized carbons (Fsp3) is 0.423. The Morgan fingerprint density at radius 1 is 0.844 bits per heavy atom. The van der Waals surface area contributed by atoms with Crippen molar-refractivity contribution >= 4 is 17.8 Å². The van der Waals surface area contributed by atoms with Crippen LogP contribution >= 0.6 is 0 Å². The van der Waals surface area contributed by atoms with Crippen LogP contribution in [-0.4, -0.2) is 37.1 Å². The number of hydrogen-bond acceptors (Lipinski definition) is 5. The van der Waals surface area contributed by atoms with Crippen molar-refractivity contribution < 1.29 is 23.9 Å². The van der Waals surface area contributed by atoms with Gasteiger partial charge in [-0.05, 0) is 43.4 Å². The van der Waals surface area contributed by atoms with Gasteiger partial charge in [0, 0.05) is 12.5 Å². The summed E-state index contributed by atoms with van der Waals surface area (Å²) in [4.78, 5) is 36.1. The molecule has 2 rings (SSSR count). The van der Waals surface area contributed by atoms with E-state index in [9.17, 15) is 14.4 Å². The van der Waals surface area contributed by atoms with E-state index in [0.717, 1.165) is 16.7 Å². The van der Waals surface area contributed by atoms with Crippen LogP contribution in [0.15, 0.2) is 54.6 Å². The number of hydrogen-bond donors (Lipinski definition) is 1. The number of amides is 1. The van der Waals surface area contributed by atoms with Gasteiger partial charge in [-0.3, -0.25) is 14.4 Å². The quantitative estimate of drug-likeness (QED) is 0.498. The van der Waals surface area contributed by atoms with Crippen LogP contribution in [0.3, 0.4) is 0 Å². The summed E-state index contributed by atoms with van der Waals surface area (Å²) < 4.78 is 10.0.